The van der Waals surface area contributed by atoms with E-state index >= 15 is 0 Å². The number of piperidine rings is 1. The van der Waals surface area contributed by atoms with Gasteiger partial charge < -0.3 is 24.7 Å². The number of carbonyl (C=O) groups is 2. The molecule has 0 aliphatic carbocycles. The number of rotatable bonds is 5. The Morgan fingerprint density at radius 2 is 1.94 bits per heavy atom. The number of esters is 1. The van der Waals surface area contributed by atoms with Crippen LogP contribution in [0.2, 0.25) is 5.02 Å². The second kappa shape index (κ2) is 14.1. The van der Waals surface area contributed by atoms with E-state index in [-0.39, 0.29) is 46.9 Å². The van der Waals surface area contributed by atoms with E-state index < -0.39 is 11.7 Å². The fourth-order valence-corrected chi connectivity index (χ4v) is 4.79. The molecule has 1 atom stereocenters. The third-order valence-corrected chi connectivity index (χ3v) is 6.95. The average molecular weight is 521 g/mol. The molecule has 1 fully saturated rings. The zero-order valence-corrected chi connectivity index (χ0v) is 21.8. The summed E-state index contributed by atoms with van der Waals surface area (Å²) in [6.07, 6.45) is 12.2. The number of aromatic hydroxyl groups is 2. The van der Waals surface area contributed by atoms with Gasteiger partial charge in [0.1, 0.15) is 23.2 Å². The topological polar surface area (TPSA) is 109 Å². The highest BCUT2D eigenvalue weighted by molar-refractivity contribution is 6.33. The number of ether oxygens (including phenoxy) is 1. The van der Waals surface area contributed by atoms with Gasteiger partial charge in [0.15, 0.2) is 6.61 Å². The van der Waals surface area contributed by atoms with Crippen LogP contribution >= 0.6 is 11.6 Å². The number of hydrogen-bond acceptors (Lipinski definition) is 7. The second-order valence-electron chi connectivity index (χ2n) is 9.40. The maximum atomic E-state index is 13.2. The molecule has 1 saturated heterocycles. The Morgan fingerprint density at radius 3 is 2.69 bits per heavy atom. The summed E-state index contributed by atoms with van der Waals surface area (Å²) < 4.78 is 5.74. The van der Waals surface area contributed by atoms with Gasteiger partial charge in [-0.15, -0.1) is 0 Å². The first-order chi connectivity index (χ1) is 17.4. The largest absolute Gasteiger partial charge is 0.507 e. The molecule has 0 spiro atoms. The molecule has 0 saturated carbocycles. The Kier molecular flexibility index (Phi) is 10.9. The summed E-state index contributed by atoms with van der Waals surface area (Å²) in [6, 6.07) is 1.05. The zero-order valence-electron chi connectivity index (χ0n) is 21.0. The maximum Gasteiger partial charge on any atom is 0.342 e. The number of nitrogens with zero attached hydrogens (tertiary/aromatic N) is 2. The summed E-state index contributed by atoms with van der Waals surface area (Å²) >= 11 is 6.41. The van der Waals surface area contributed by atoms with E-state index in [1.807, 2.05) is 13.0 Å². The summed E-state index contributed by atoms with van der Waals surface area (Å²) in [5.74, 6) is -1.55. The van der Waals surface area contributed by atoms with Crippen molar-refractivity contribution in [2.24, 2.45) is 5.16 Å². The molecule has 198 valence electrons. The second-order valence-corrected chi connectivity index (χ2v) is 9.78. The van der Waals surface area contributed by atoms with Gasteiger partial charge >= 0.3 is 5.97 Å². The molecule has 2 aliphatic heterocycles. The molecular formula is C27H37ClN2O6. The summed E-state index contributed by atoms with van der Waals surface area (Å²) in [6.45, 7) is 3.31. The van der Waals surface area contributed by atoms with Gasteiger partial charge in [-0.3, -0.25) is 4.79 Å². The van der Waals surface area contributed by atoms with Crippen molar-refractivity contribution in [1.82, 2.24) is 4.90 Å². The van der Waals surface area contributed by atoms with Gasteiger partial charge in [-0.05, 0) is 56.9 Å². The molecule has 0 bridgehead atoms. The molecule has 1 aromatic carbocycles. The molecule has 36 heavy (non-hydrogen) atoms. The van der Waals surface area contributed by atoms with Crippen molar-refractivity contribution in [2.45, 2.75) is 83.7 Å². The Morgan fingerprint density at radius 1 is 1.17 bits per heavy atom. The summed E-state index contributed by atoms with van der Waals surface area (Å²) in [4.78, 5) is 32.9. The smallest absolute Gasteiger partial charge is 0.342 e. The van der Waals surface area contributed by atoms with Gasteiger partial charge in [0.05, 0.1) is 10.7 Å². The first kappa shape index (κ1) is 27.8. The van der Waals surface area contributed by atoms with Crippen LogP contribution < -0.4 is 0 Å². The number of fused-ring (bicyclic) bond motifs is 1. The molecule has 1 amide bonds. The standard InChI is InChI=1S/C27H37ClN2O6/c1-2-11-20-13-8-5-3-4-7-12-19(29-35-18-24(33)30-14-9-6-10-15-30)16-21-25(27(34)36-20)22(31)17-23(32)26(21)28/h5,8,17,20,31-32H,2-4,6-7,9-16,18H2,1H3/b8-5+,29-19+. The minimum Gasteiger partial charge on any atom is -0.507 e. The lowest BCUT2D eigenvalue weighted by atomic mass is 9.97. The SMILES string of the molecule is CCCC1C/C=C/CCCC/C(=N\OCC(=O)N2CCCCC2)Cc2c(Cl)c(O)cc(O)c2C(=O)O1. The number of benzene rings is 1. The van der Waals surface area contributed by atoms with Crippen LogP contribution in [-0.2, 0) is 20.8 Å². The van der Waals surface area contributed by atoms with Gasteiger partial charge in [0.25, 0.3) is 5.91 Å². The normalized spacial score (nSPS) is 21.8. The van der Waals surface area contributed by atoms with Crippen LogP contribution in [-0.4, -0.2) is 58.5 Å². The number of cyclic esters (lactones) is 1. The zero-order chi connectivity index (χ0) is 25.9. The lowest BCUT2D eigenvalue weighted by Gasteiger charge is -2.26. The average Bonchev–Trinajstić information content (AvgIpc) is 2.86. The van der Waals surface area contributed by atoms with Gasteiger partial charge in [-0.25, -0.2) is 4.79 Å². The van der Waals surface area contributed by atoms with Gasteiger partial charge in [-0.2, -0.15) is 0 Å². The maximum absolute atomic E-state index is 13.2. The highest BCUT2D eigenvalue weighted by Crippen LogP contribution is 2.37. The van der Waals surface area contributed by atoms with Crippen molar-refractivity contribution in [3.63, 3.8) is 0 Å². The van der Waals surface area contributed by atoms with E-state index in [9.17, 15) is 19.8 Å². The number of oxime groups is 1. The van der Waals surface area contributed by atoms with E-state index in [0.717, 1.165) is 64.1 Å². The lowest BCUT2D eigenvalue weighted by Crippen LogP contribution is -2.37. The number of phenolic OH excluding ortho intramolecular Hbond substituents is 2. The third-order valence-electron chi connectivity index (χ3n) is 6.53. The van der Waals surface area contributed by atoms with Crippen LogP contribution in [0.25, 0.3) is 0 Å². The van der Waals surface area contributed by atoms with Crippen LogP contribution in [0.4, 0.5) is 0 Å². The van der Waals surface area contributed by atoms with E-state index in [2.05, 4.69) is 11.2 Å². The Hall–Kier alpha value is -2.74. The molecule has 3 rings (SSSR count). The van der Waals surface area contributed by atoms with Crippen molar-refractivity contribution in [3.8, 4) is 11.5 Å². The van der Waals surface area contributed by atoms with Crippen molar-refractivity contribution in [3.05, 3.63) is 34.4 Å². The Bertz CT molecular complexity index is 972. The van der Waals surface area contributed by atoms with Crippen LogP contribution in [0.3, 0.4) is 0 Å². The van der Waals surface area contributed by atoms with E-state index in [0.29, 0.717) is 25.0 Å². The highest BCUT2D eigenvalue weighted by Gasteiger charge is 2.27. The Labute approximate surface area is 217 Å². The first-order valence-corrected chi connectivity index (χ1v) is 13.3. The van der Waals surface area contributed by atoms with Crippen LogP contribution in [0, 0.1) is 0 Å². The van der Waals surface area contributed by atoms with E-state index in [1.54, 1.807) is 4.90 Å². The van der Waals surface area contributed by atoms with Crippen LogP contribution in [0.15, 0.2) is 23.4 Å². The van der Waals surface area contributed by atoms with Crippen molar-refractivity contribution in [2.75, 3.05) is 19.7 Å². The van der Waals surface area contributed by atoms with Gasteiger partial charge in [0.2, 0.25) is 0 Å². The number of phenols is 2. The molecule has 2 N–H and O–H groups in total. The van der Waals surface area contributed by atoms with E-state index in [1.165, 1.54) is 0 Å². The lowest BCUT2D eigenvalue weighted by molar-refractivity contribution is -0.137. The summed E-state index contributed by atoms with van der Waals surface area (Å²) in [7, 11) is 0. The highest BCUT2D eigenvalue weighted by atomic mass is 35.5. The Balaban J connectivity index is 1.86. The van der Waals surface area contributed by atoms with Gasteiger partial charge in [-0.1, -0.05) is 42.3 Å². The minimum absolute atomic E-state index is 0.0455. The number of allylic oxidation sites excluding steroid dienone is 1. The number of carbonyl (C=O) groups excluding carboxylic acids is 2. The predicted octanol–water partition coefficient (Wildman–Crippen LogP) is 5.52. The monoisotopic (exact) mass is 520 g/mol. The quantitative estimate of drug-likeness (QED) is 0.300. The fraction of sp³-hybridized carbons (Fsp3) is 0.593. The molecular weight excluding hydrogens is 484 g/mol. The fourth-order valence-electron chi connectivity index (χ4n) is 4.58. The molecule has 2 aliphatic rings. The van der Waals surface area contributed by atoms with Crippen molar-refractivity contribution < 1.29 is 29.4 Å². The number of amides is 1. The number of likely N-dealkylation sites (tertiary alicyclic amines) is 1. The molecule has 1 unspecified atom stereocenters. The van der Waals surface area contributed by atoms with Crippen LogP contribution in [0.5, 0.6) is 11.5 Å². The van der Waals surface area contributed by atoms with E-state index in [4.69, 9.17) is 21.2 Å². The molecule has 1 aromatic rings. The molecule has 0 aromatic heterocycles. The number of hydrogen-bond donors (Lipinski definition) is 2. The molecule has 2 heterocycles. The van der Waals surface area contributed by atoms with Crippen LogP contribution in [0.1, 0.15) is 87.1 Å². The summed E-state index contributed by atoms with van der Waals surface area (Å²) in [5, 5.41) is 25.0. The molecule has 0 radical (unpaired) electrons. The van der Waals surface area contributed by atoms with Crippen molar-refractivity contribution in [1.29, 1.82) is 0 Å². The van der Waals surface area contributed by atoms with Gasteiger partial charge in [0, 0.05) is 32.0 Å². The first-order valence-electron chi connectivity index (χ1n) is 13.0. The summed E-state index contributed by atoms with van der Waals surface area (Å²) in [5.41, 5.74) is 0.706. The molecule has 9 heteroatoms. The minimum atomic E-state index is -0.700. The van der Waals surface area contributed by atoms with Crippen molar-refractivity contribution >= 4 is 29.2 Å². The predicted molar refractivity (Wildman–Crippen MR) is 139 cm³/mol. The third kappa shape index (κ3) is 7.88. The molecule has 8 nitrogen and oxygen atoms in total. The number of halogens is 1.